The Morgan fingerprint density at radius 3 is 2.04 bits per heavy atom. The van der Waals surface area contributed by atoms with Gasteiger partial charge in [-0.3, -0.25) is 9.59 Å². The number of Topliss-reactive ketones (excluding diaryl/α,β-unsaturated/α-hetero) is 2. The van der Waals surface area contributed by atoms with Crippen molar-refractivity contribution in [3.63, 3.8) is 0 Å². The van der Waals surface area contributed by atoms with Gasteiger partial charge in [-0.1, -0.05) is 142 Å². The van der Waals surface area contributed by atoms with Crippen molar-refractivity contribution < 1.29 is 28.8 Å². The van der Waals surface area contributed by atoms with E-state index in [9.17, 15) is 19.7 Å². The lowest BCUT2D eigenvalue weighted by molar-refractivity contribution is 0.0591. The predicted octanol–water partition coefficient (Wildman–Crippen LogP) is 8.05. The number of benzene rings is 4. The fraction of sp³-hybridized carbons (Fsp3) is 0.333. The third kappa shape index (κ3) is 6.94. The van der Waals surface area contributed by atoms with Crippen molar-refractivity contribution in [1.82, 2.24) is 0 Å². The summed E-state index contributed by atoms with van der Waals surface area (Å²) in [4.78, 5) is 28.7. The van der Waals surface area contributed by atoms with E-state index in [1.165, 1.54) is 10.4 Å². The highest BCUT2D eigenvalue weighted by Gasteiger charge is 2.55. The lowest BCUT2D eigenvalue weighted by Gasteiger charge is -2.48. The van der Waals surface area contributed by atoms with Crippen LogP contribution >= 0.6 is 0 Å². The molecule has 8 heteroatoms. The van der Waals surface area contributed by atoms with E-state index >= 15 is 0 Å². The maximum absolute atomic E-state index is 14.4. The van der Waals surface area contributed by atoms with Crippen LogP contribution in [0, 0.1) is 17.8 Å². The number of rotatable bonds is 10. The van der Waals surface area contributed by atoms with Gasteiger partial charge in [0.15, 0.2) is 11.6 Å². The van der Waals surface area contributed by atoms with Crippen molar-refractivity contribution in [2.45, 2.75) is 70.8 Å². The Labute approximate surface area is 314 Å². The second-order valence-electron chi connectivity index (χ2n) is 15.8. The summed E-state index contributed by atoms with van der Waals surface area (Å²) in [6.07, 6.45) is 4.24. The summed E-state index contributed by atoms with van der Waals surface area (Å²) in [7, 11) is -4.03. The van der Waals surface area contributed by atoms with Gasteiger partial charge in [0.1, 0.15) is 5.75 Å². The molecular formula is C45H49BO6Si. The van der Waals surface area contributed by atoms with Crippen LogP contribution in [-0.4, -0.2) is 49.8 Å². The van der Waals surface area contributed by atoms with Crippen LogP contribution < -0.4 is 10.4 Å². The van der Waals surface area contributed by atoms with Gasteiger partial charge in [-0.15, -0.1) is 0 Å². The molecule has 2 N–H and O–H groups in total. The van der Waals surface area contributed by atoms with E-state index < -0.39 is 33.4 Å². The molecule has 0 spiro atoms. The van der Waals surface area contributed by atoms with Crippen LogP contribution in [0.5, 0.6) is 5.75 Å². The molecule has 1 aliphatic heterocycles. The fourth-order valence-corrected chi connectivity index (χ4v) is 13.8. The molecule has 0 unspecified atom stereocenters. The molecule has 1 fully saturated rings. The van der Waals surface area contributed by atoms with E-state index in [1.807, 2.05) is 48.5 Å². The van der Waals surface area contributed by atoms with Gasteiger partial charge in [-0.2, -0.15) is 0 Å². The lowest BCUT2D eigenvalue weighted by Crippen LogP contribution is -2.66. The number of para-hydroxylation sites is 1. The Balaban J connectivity index is 1.33. The molecule has 272 valence electrons. The van der Waals surface area contributed by atoms with Gasteiger partial charge in [0.25, 0.3) is 8.32 Å². The first-order valence-corrected chi connectivity index (χ1v) is 20.9. The zero-order chi connectivity index (χ0) is 37.3. The Bertz CT molecular complexity index is 2000. The molecule has 53 heavy (non-hydrogen) atoms. The van der Waals surface area contributed by atoms with E-state index in [-0.39, 0.29) is 41.2 Å². The Morgan fingerprint density at radius 2 is 1.43 bits per heavy atom. The topological polar surface area (TPSA) is 93.1 Å². The summed E-state index contributed by atoms with van der Waals surface area (Å²) >= 11 is 0. The minimum atomic E-state index is -2.96. The average molecular weight is 725 g/mol. The number of allylic oxidation sites excluding steroid dienone is 1. The molecule has 4 aromatic carbocycles. The Kier molecular flexibility index (Phi) is 10.6. The van der Waals surface area contributed by atoms with Crippen molar-refractivity contribution in [3.05, 3.63) is 143 Å². The summed E-state index contributed by atoms with van der Waals surface area (Å²) in [5, 5.41) is 23.9. The van der Waals surface area contributed by atoms with Crippen molar-refractivity contribution in [1.29, 1.82) is 0 Å². The first-order valence-electron chi connectivity index (χ1n) is 19.0. The molecule has 1 saturated heterocycles. The van der Waals surface area contributed by atoms with Crippen molar-refractivity contribution in [2.24, 2.45) is 17.8 Å². The van der Waals surface area contributed by atoms with Gasteiger partial charge in [0, 0.05) is 28.5 Å². The van der Waals surface area contributed by atoms with Crippen molar-refractivity contribution >= 4 is 43.5 Å². The molecule has 3 aliphatic rings. The van der Waals surface area contributed by atoms with Gasteiger partial charge in [0.05, 0.1) is 12.7 Å². The number of carbonyl (C=O) groups excluding carboxylic acids is 2. The van der Waals surface area contributed by atoms with Crippen molar-refractivity contribution in [2.75, 3.05) is 6.61 Å². The van der Waals surface area contributed by atoms with Crippen LogP contribution in [0.25, 0.3) is 6.08 Å². The zero-order valence-corrected chi connectivity index (χ0v) is 32.1. The summed E-state index contributed by atoms with van der Waals surface area (Å²) in [6, 6.07) is 35.5. The first-order chi connectivity index (χ1) is 25.5. The summed E-state index contributed by atoms with van der Waals surface area (Å²) in [5.41, 5.74) is 4.87. The Hall–Kier alpha value is -4.34. The third-order valence-electron chi connectivity index (χ3n) is 11.7. The molecule has 0 radical (unpaired) electrons. The van der Waals surface area contributed by atoms with Gasteiger partial charge in [-0.25, -0.2) is 0 Å². The molecule has 0 saturated carbocycles. The van der Waals surface area contributed by atoms with E-state index in [0.717, 1.165) is 28.7 Å². The van der Waals surface area contributed by atoms with Crippen LogP contribution in [0.4, 0.5) is 0 Å². The quantitative estimate of drug-likeness (QED) is 0.127. The molecule has 0 amide bonds. The number of hydrogen-bond donors (Lipinski definition) is 2. The second-order valence-corrected chi connectivity index (χ2v) is 20.1. The second kappa shape index (κ2) is 15.2. The number of carbonyl (C=O) groups is 2. The molecular weight excluding hydrogens is 675 g/mol. The van der Waals surface area contributed by atoms with Crippen LogP contribution in [0.15, 0.2) is 126 Å². The van der Waals surface area contributed by atoms with E-state index in [4.69, 9.17) is 9.08 Å². The minimum absolute atomic E-state index is 0.0106. The number of fused-ring (bicyclic) bond motifs is 4. The normalized spacial score (nSPS) is 22.0. The number of ketones is 2. The molecule has 4 aromatic rings. The van der Waals surface area contributed by atoms with Gasteiger partial charge < -0.3 is 19.2 Å². The predicted molar refractivity (Wildman–Crippen MR) is 214 cm³/mol. The summed E-state index contributed by atoms with van der Waals surface area (Å²) < 4.78 is 13.9. The number of hydrogen-bond acceptors (Lipinski definition) is 6. The number of phenols is 1. The minimum Gasteiger partial charge on any atom is -0.507 e. The van der Waals surface area contributed by atoms with Crippen LogP contribution in [0.3, 0.4) is 0 Å². The highest BCUT2D eigenvalue weighted by Crippen LogP contribution is 2.51. The largest absolute Gasteiger partial charge is 0.507 e. The SMILES string of the molecule is CC/C(=C\c1ccccc1O)CC[C@H]1OB(O)C[C@H]2C1=C(CO[Si](c1ccccc1)(c1ccccc1)C(C)(C)C)C[C@H]1C(=O)c3ccccc3C(=O)[C@H]12. The molecule has 7 rings (SSSR count). The van der Waals surface area contributed by atoms with Crippen LogP contribution in [0.1, 0.15) is 79.7 Å². The third-order valence-corrected chi connectivity index (χ3v) is 16.7. The van der Waals surface area contributed by atoms with Gasteiger partial charge >= 0.3 is 7.12 Å². The smallest absolute Gasteiger partial charge is 0.455 e. The fourth-order valence-electron chi connectivity index (χ4n) is 9.26. The lowest BCUT2D eigenvalue weighted by atomic mass is 9.54. The zero-order valence-electron chi connectivity index (χ0n) is 31.1. The maximum atomic E-state index is 14.4. The average Bonchev–Trinajstić information content (AvgIpc) is 3.16. The molecule has 2 aliphatic carbocycles. The van der Waals surface area contributed by atoms with Gasteiger partial charge in [0.2, 0.25) is 0 Å². The maximum Gasteiger partial charge on any atom is 0.455 e. The van der Waals surface area contributed by atoms with Crippen LogP contribution in [-0.2, 0) is 9.08 Å². The molecule has 1 heterocycles. The standard InChI is InChI=1S/C45H49BO6Si/c1-5-30(26-31-16-12-15-23-39(31)47)24-25-40-41-32(29-51-53(45(2,3)4,33-17-8-6-9-18-33)34-19-10-7-11-20-34)27-37-42(38(41)28-46(50)52-40)44(49)36-22-14-13-21-35(36)43(37)48/h6-23,26,37-38,40,42,47,50H,5,24-25,27-29H2,1-4H3/b30-26+/t37-,38+,40-,42-/m1/s1. The highest BCUT2D eigenvalue weighted by atomic mass is 28.4. The van der Waals surface area contributed by atoms with Gasteiger partial charge in [-0.05, 0) is 70.5 Å². The monoisotopic (exact) mass is 724 g/mol. The van der Waals surface area contributed by atoms with Crippen molar-refractivity contribution in [3.8, 4) is 5.75 Å². The number of aromatic hydroxyl groups is 1. The molecule has 0 aromatic heterocycles. The molecule has 0 bridgehead atoms. The summed E-state index contributed by atoms with van der Waals surface area (Å²) in [5.74, 6) is -1.29. The molecule has 4 atom stereocenters. The highest BCUT2D eigenvalue weighted by molar-refractivity contribution is 6.99. The van der Waals surface area contributed by atoms with E-state index in [0.29, 0.717) is 30.4 Å². The molecule has 6 nitrogen and oxygen atoms in total. The van der Waals surface area contributed by atoms with E-state index in [1.54, 1.807) is 18.2 Å². The van der Waals surface area contributed by atoms with E-state index in [2.05, 4.69) is 76.2 Å². The first kappa shape index (κ1) is 37.0. The number of phenolic OH excluding ortho intramolecular Hbond substituents is 1. The Morgan fingerprint density at radius 1 is 0.849 bits per heavy atom. The van der Waals surface area contributed by atoms with Crippen LogP contribution in [0.2, 0.25) is 11.4 Å². The summed E-state index contributed by atoms with van der Waals surface area (Å²) in [6.45, 7) is 9.15.